The van der Waals surface area contributed by atoms with Gasteiger partial charge in [-0.15, -0.1) is 0 Å². The molecule has 2 aromatic rings. The van der Waals surface area contributed by atoms with Crippen LogP contribution in [0.3, 0.4) is 0 Å². The molecule has 5 aliphatic rings. The largest absolute Gasteiger partial charge is 0.489 e. The first-order valence-electron chi connectivity index (χ1n) is 17.8. The van der Waals surface area contributed by atoms with E-state index >= 15 is 0 Å². The number of anilines is 1. The number of hydrogen-bond donors (Lipinski definition) is 2. The highest BCUT2D eigenvalue weighted by atomic mass is 32.2. The van der Waals surface area contributed by atoms with E-state index in [0.717, 1.165) is 54.4 Å². The summed E-state index contributed by atoms with van der Waals surface area (Å²) in [6.45, 7) is 5.83. The molecule has 1 saturated heterocycles. The summed E-state index contributed by atoms with van der Waals surface area (Å²) in [4.78, 5) is 50.1. The zero-order valence-electron chi connectivity index (χ0n) is 28.5. The molecule has 6 atom stereocenters. The Labute approximate surface area is 288 Å². The minimum absolute atomic E-state index is 0.128. The number of aromatic nitrogens is 1. The highest BCUT2D eigenvalue weighted by Crippen LogP contribution is 2.46. The summed E-state index contributed by atoms with van der Waals surface area (Å²) in [5, 5.41) is 4.02. The number of fused-ring (bicyclic) bond motifs is 5. The third-order valence-electron chi connectivity index (χ3n) is 11.0. The molecule has 0 spiro atoms. The normalized spacial score (nSPS) is 31.3. The molecule has 1 aromatic carbocycles. The molecule has 264 valence electrons. The Morgan fingerprint density at radius 1 is 1.16 bits per heavy atom. The van der Waals surface area contributed by atoms with Gasteiger partial charge in [-0.25, -0.2) is 13.4 Å². The van der Waals surface area contributed by atoms with Crippen molar-refractivity contribution in [1.29, 1.82) is 0 Å². The van der Waals surface area contributed by atoms with Crippen LogP contribution in [0.15, 0.2) is 36.5 Å². The summed E-state index contributed by atoms with van der Waals surface area (Å²) in [6.07, 6.45) is 10.4. The molecule has 2 aliphatic carbocycles. The second-order valence-corrected chi connectivity index (χ2v) is 16.7. The third kappa shape index (κ3) is 6.70. The summed E-state index contributed by atoms with van der Waals surface area (Å²) < 4.78 is 40.3. The number of ether oxygens (including phenoxy) is 2. The maximum absolute atomic E-state index is 14.2. The quantitative estimate of drug-likeness (QED) is 0.433. The average molecular weight is 694 g/mol. The Kier molecular flexibility index (Phi) is 8.99. The Morgan fingerprint density at radius 2 is 1.98 bits per heavy atom. The lowest BCUT2D eigenvalue weighted by atomic mass is 9.88. The number of benzene rings is 1. The van der Waals surface area contributed by atoms with Crippen LogP contribution < -0.4 is 24.4 Å². The minimum Gasteiger partial charge on any atom is -0.489 e. The second-order valence-electron chi connectivity index (χ2n) is 14.7. The lowest BCUT2D eigenvalue weighted by Crippen LogP contribution is -2.56. The first kappa shape index (κ1) is 33.6. The molecule has 1 aromatic heterocycles. The van der Waals surface area contributed by atoms with Gasteiger partial charge in [0.05, 0.1) is 24.0 Å². The van der Waals surface area contributed by atoms with Gasteiger partial charge in [-0.3, -0.25) is 19.1 Å². The van der Waals surface area contributed by atoms with Crippen molar-refractivity contribution in [3.63, 3.8) is 0 Å². The van der Waals surface area contributed by atoms with Crippen LogP contribution in [0.25, 0.3) is 10.8 Å². The summed E-state index contributed by atoms with van der Waals surface area (Å²) in [6, 6.07) is 4.95. The molecule has 0 bridgehead atoms. The van der Waals surface area contributed by atoms with Gasteiger partial charge in [0.2, 0.25) is 27.7 Å². The topological polar surface area (TPSA) is 147 Å². The number of rotatable bonds is 6. The Morgan fingerprint density at radius 3 is 2.76 bits per heavy atom. The maximum atomic E-state index is 14.2. The van der Waals surface area contributed by atoms with Crippen LogP contribution in [0.2, 0.25) is 0 Å². The van der Waals surface area contributed by atoms with Crippen molar-refractivity contribution in [2.24, 2.45) is 17.8 Å². The van der Waals surface area contributed by atoms with Crippen molar-refractivity contribution < 1.29 is 32.3 Å². The Balaban J connectivity index is 1.17. The molecule has 12 nitrogen and oxygen atoms in total. The van der Waals surface area contributed by atoms with Gasteiger partial charge in [-0.05, 0) is 68.6 Å². The molecule has 0 radical (unpaired) electrons. The number of likely N-dealkylation sites (N-methyl/N-ethyl adjacent to an activating group) is 1. The molecule has 2 N–H and O–H groups in total. The molecule has 0 unspecified atom stereocenters. The van der Waals surface area contributed by atoms with Crippen molar-refractivity contribution in [3.05, 3.63) is 36.5 Å². The molecule has 7 rings (SSSR count). The Hall–Kier alpha value is -3.87. The van der Waals surface area contributed by atoms with Crippen LogP contribution in [0.1, 0.15) is 71.6 Å². The highest BCUT2D eigenvalue weighted by Gasteiger charge is 2.62. The van der Waals surface area contributed by atoms with Crippen LogP contribution in [0, 0.1) is 17.8 Å². The fraction of sp³-hybridized carbons (Fsp3) is 0.611. The van der Waals surface area contributed by atoms with E-state index in [1.165, 1.54) is 0 Å². The van der Waals surface area contributed by atoms with Gasteiger partial charge in [0.15, 0.2) is 5.75 Å². The lowest BCUT2D eigenvalue weighted by Gasteiger charge is -2.28. The molecular formula is C36H47N5O7S. The molecule has 3 aliphatic heterocycles. The van der Waals surface area contributed by atoms with Crippen LogP contribution >= 0.6 is 0 Å². The van der Waals surface area contributed by atoms with Gasteiger partial charge in [-0.2, -0.15) is 0 Å². The van der Waals surface area contributed by atoms with Crippen molar-refractivity contribution >= 4 is 44.2 Å². The predicted molar refractivity (Wildman–Crippen MR) is 185 cm³/mol. The monoisotopic (exact) mass is 693 g/mol. The number of pyridine rings is 1. The predicted octanol–water partition coefficient (Wildman–Crippen LogP) is 3.69. The molecule has 3 amide bonds. The van der Waals surface area contributed by atoms with Crippen molar-refractivity contribution in [2.45, 2.75) is 94.6 Å². The number of nitrogens with one attached hydrogen (secondary N) is 2. The first-order chi connectivity index (χ1) is 23.5. The van der Waals surface area contributed by atoms with Crippen molar-refractivity contribution in [3.8, 4) is 11.6 Å². The molecule has 4 heterocycles. The summed E-state index contributed by atoms with van der Waals surface area (Å²) in [7, 11) is -1.80. The average Bonchev–Trinajstić information content (AvgIpc) is 4.00. The number of hydrogen-bond acceptors (Lipinski definition) is 9. The molecule has 13 heteroatoms. The van der Waals surface area contributed by atoms with E-state index in [2.05, 4.69) is 33.8 Å². The SMILES string of the molecule is CC[C@H]1CC(=O)N2C[C@H](Oc3nccc4c5c(ccc34)N(C)CCO5)C[C@H]2C(=O)N[C@]2(C(=O)NS(=O)(=O)C3CC3)C[C@H]2/C=C\CC[C@@H](C)C1. The van der Waals surface area contributed by atoms with E-state index in [1.807, 2.05) is 37.4 Å². The highest BCUT2D eigenvalue weighted by molar-refractivity contribution is 7.91. The molecule has 2 saturated carbocycles. The minimum atomic E-state index is -3.82. The van der Waals surface area contributed by atoms with Gasteiger partial charge in [0.25, 0.3) is 5.91 Å². The second kappa shape index (κ2) is 13.1. The molecular weight excluding hydrogens is 646 g/mol. The van der Waals surface area contributed by atoms with E-state index in [9.17, 15) is 22.8 Å². The summed E-state index contributed by atoms with van der Waals surface area (Å²) in [5.41, 5.74) is -0.412. The summed E-state index contributed by atoms with van der Waals surface area (Å²) >= 11 is 0. The van der Waals surface area contributed by atoms with Crippen LogP contribution in [0.5, 0.6) is 11.6 Å². The number of carbonyl (C=O) groups excluding carboxylic acids is 3. The standard InChI is InChI=1S/C36H47N5O7S/c1-4-23-17-22(2)7-5-6-8-24-20-36(24,35(44)39-49(45,46)26-9-10-26)38-33(43)30-19-25(21-41(30)31(42)18-23)48-34-28-11-12-29-32(27(28)13-14-37-34)47-16-15-40(29)3/h6,8,11-14,22-26,30H,4-5,7,9-10,15-21H2,1-3H3,(H,38,43)(H,39,44)/b8-6-/t22-,23-,24-,25-,30+,36-/m1/s1. The fourth-order valence-corrected chi connectivity index (χ4v) is 9.12. The molecule has 3 fully saturated rings. The Bertz CT molecular complexity index is 1780. The number of sulfonamides is 1. The van der Waals surface area contributed by atoms with E-state index in [0.29, 0.717) is 37.7 Å². The lowest BCUT2D eigenvalue weighted by molar-refractivity contribution is -0.140. The smallest absolute Gasteiger partial charge is 0.259 e. The van der Waals surface area contributed by atoms with Crippen molar-refractivity contribution in [2.75, 3.05) is 31.6 Å². The first-order valence-corrected chi connectivity index (χ1v) is 19.3. The van der Waals surface area contributed by atoms with E-state index in [-0.39, 0.29) is 37.1 Å². The van der Waals surface area contributed by atoms with Gasteiger partial charge < -0.3 is 24.6 Å². The van der Waals surface area contributed by atoms with Crippen LogP contribution in [0.4, 0.5) is 5.69 Å². The molecule has 49 heavy (non-hydrogen) atoms. The van der Waals surface area contributed by atoms with Gasteiger partial charge in [-0.1, -0.05) is 32.4 Å². The number of allylic oxidation sites excluding steroid dienone is 1. The fourth-order valence-electron chi connectivity index (χ4n) is 7.76. The number of nitrogens with zero attached hydrogens (tertiary/aromatic N) is 3. The van der Waals surface area contributed by atoms with Crippen molar-refractivity contribution in [1.82, 2.24) is 19.9 Å². The van der Waals surface area contributed by atoms with Gasteiger partial charge in [0, 0.05) is 42.8 Å². The van der Waals surface area contributed by atoms with E-state index in [1.54, 1.807) is 11.1 Å². The van der Waals surface area contributed by atoms with Gasteiger partial charge >= 0.3 is 0 Å². The van der Waals surface area contributed by atoms with Crippen LogP contribution in [-0.4, -0.2) is 85.7 Å². The van der Waals surface area contributed by atoms with Crippen LogP contribution in [-0.2, 0) is 24.4 Å². The van der Waals surface area contributed by atoms with E-state index < -0.39 is 44.8 Å². The zero-order valence-corrected chi connectivity index (χ0v) is 29.3. The third-order valence-corrected chi connectivity index (χ3v) is 12.8. The zero-order chi connectivity index (χ0) is 34.5. The van der Waals surface area contributed by atoms with Gasteiger partial charge in [0.1, 0.15) is 24.3 Å². The maximum Gasteiger partial charge on any atom is 0.259 e. The van der Waals surface area contributed by atoms with E-state index in [4.69, 9.17) is 9.47 Å². The number of carbonyl (C=O) groups is 3. The summed E-state index contributed by atoms with van der Waals surface area (Å²) in [5.74, 6) is 0.0473. The number of amides is 3.